The molecule has 0 saturated carbocycles. The number of morpholine rings is 1. The molecule has 0 aromatic heterocycles. The first-order valence-corrected chi connectivity index (χ1v) is 10.2. The third-order valence-corrected chi connectivity index (χ3v) is 4.92. The third-order valence-electron chi connectivity index (χ3n) is 4.92. The number of hydrogen-bond donors (Lipinski definition) is 2. The average molecular weight is 381 g/mol. The van der Waals surface area contributed by atoms with Crippen molar-refractivity contribution in [2.45, 2.75) is 33.0 Å². The van der Waals surface area contributed by atoms with Crippen molar-refractivity contribution in [1.82, 2.24) is 15.5 Å². The van der Waals surface area contributed by atoms with Crippen molar-refractivity contribution in [2.24, 2.45) is 4.99 Å². The number of nitrogens with one attached hydrogen (secondary N) is 2. The van der Waals surface area contributed by atoms with Gasteiger partial charge in [0.25, 0.3) is 0 Å². The van der Waals surface area contributed by atoms with E-state index in [1.54, 1.807) is 0 Å². The fraction of sp³-hybridized carbons (Fsp3) is 0.435. The number of benzene rings is 2. The van der Waals surface area contributed by atoms with E-state index in [9.17, 15) is 0 Å². The SMILES string of the molecule is CCNC(=NCc1cccc(CN2CCOCC2)c1)NC(C)c1ccccc1. The summed E-state index contributed by atoms with van der Waals surface area (Å²) in [7, 11) is 0. The lowest BCUT2D eigenvalue weighted by Crippen LogP contribution is -2.38. The molecular formula is C23H32N4O. The normalized spacial score (nSPS) is 16.6. The molecule has 5 nitrogen and oxygen atoms in total. The smallest absolute Gasteiger partial charge is 0.192 e. The molecule has 1 heterocycles. The van der Waals surface area contributed by atoms with Crippen LogP contribution in [0.15, 0.2) is 59.6 Å². The number of ether oxygens (including phenoxy) is 1. The third kappa shape index (κ3) is 6.36. The summed E-state index contributed by atoms with van der Waals surface area (Å²) in [6.07, 6.45) is 0. The minimum atomic E-state index is 0.201. The summed E-state index contributed by atoms with van der Waals surface area (Å²) in [6.45, 7) is 10.4. The van der Waals surface area contributed by atoms with Crippen LogP contribution in [0.3, 0.4) is 0 Å². The van der Waals surface area contributed by atoms with E-state index in [0.717, 1.165) is 45.4 Å². The van der Waals surface area contributed by atoms with Gasteiger partial charge in [0, 0.05) is 26.2 Å². The number of guanidine groups is 1. The Morgan fingerprint density at radius 2 is 1.82 bits per heavy atom. The second-order valence-corrected chi connectivity index (χ2v) is 7.18. The number of rotatable bonds is 7. The molecule has 5 heteroatoms. The molecule has 2 N–H and O–H groups in total. The van der Waals surface area contributed by atoms with Crippen LogP contribution in [0, 0.1) is 0 Å². The van der Waals surface area contributed by atoms with Crippen LogP contribution >= 0.6 is 0 Å². The minimum absolute atomic E-state index is 0.201. The lowest BCUT2D eigenvalue weighted by Gasteiger charge is -2.26. The van der Waals surface area contributed by atoms with Gasteiger partial charge in [0.05, 0.1) is 25.8 Å². The molecule has 1 aliphatic heterocycles. The highest BCUT2D eigenvalue weighted by Gasteiger charge is 2.11. The van der Waals surface area contributed by atoms with E-state index in [1.807, 2.05) is 6.07 Å². The summed E-state index contributed by atoms with van der Waals surface area (Å²) >= 11 is 0. The Morgan fingerprint density at radius 1 is 1.07 bits per heavy atom. The zero-order valence-electron chi connectivity index (χ0n) is 17.0. The molecule has 3 rings (SSSR count). The molecule has 0 amide bonds. The first-order valence-electron chi connectivity index (χ1n) is 10.2. The standard InChI is InChI=1S/C23H32N4O/c1-3-24-23(26-19(2)22-10-5-4-6-11-22)25-17-20-8-7-9-21(16-20)18-27-12-14-28-15-13-27/h4-11,16,19H,3,12-15,17-18H2,1-2H3,(H2,24,25,26). The largest absolute Gasteiger partial charge is 0.379 e. The molecule has 2 aromatic carbocycles. The Bertz CT molecular complexity index is 741. The number of nitrogens with zero attached hydrogens (tertiary/aromatic N) is 2. The zero-order chi connectivity index (χ0) is 19.6. The molecule has 1 atom stereocenters. The fourth-order valence-electron chi connectivity index (χ4n) is 3.36. The number of hydrogen-bond acceptors (Lipinski definition) is 3. The van der Waals surface area contributed by atoms with Gasteiger partial charge in [-0.15, -0.1) is 0 Å². The van der Waals surface area contributed by atoms with Gasteiger partial charge in [-0.05, 0) is 30.5 Å². The van der Waals surface area contributed by atoms with Crippen LogP contribution in [0.1, 0.15) is 36.6 Å². The van der Waals surface area contributed by atoms with Crippen LogP contribution in [0.5, 0.6) is 0 Å². The summed E-state index contributed by atoms with van der Waals surface area (Å²) in [5.41, 5.74) is 3.82. The highest BCUT2D eigenvalue weighted by Crippen LogP contribution is 2.12. The molecule has 150 valence electrons. The van der Waals surface area contributed by atoms with Gasteiger partial charge in [-0.3, -0.25) is 4.90 Å². The van der Waals surface area contributed by atoms with Crippen molar-refractivity contribution < 1.29 is 4.74 Å². The van der Waals surface area contributed by atoms with E-state index in [1.165, 1.54) is 16.7 Å². The molecule has 0 radical (unpaired) electrons. The second-order valence-electron chi connectivity index (χ2n) is 7.18. The van der Waals surface area contributed by atoms with Gasteiger partial charge in [0.1, 0.15) is 0 Å². The first-order chi connectivity index (χ1) is 13.7. The Labute approximate surface area is 168 Å². The fourth-order valence-corrected chi connectivity index (χ4v) is 3.36. The van der Waals surface area contributed by atoms with Crippen LogP contribution in [0.25, 0.3) is 0 Å². The molecule has 1 fully saturated rings. The van der Waals surface area contributed by atoms with Crippen LogP contribution in [-0.4, -0.2) is 43.7 Å². The number of aliphatic imine (C=N–C) groups is 1. The van der Waals surface area contributed by atoms with Crippen molar-refractivity contribution in [3.05, 3.63) is 71.3 Å². The highest BCUT2D eigenvalue weighted by molar-refractivity contribution is 5.80. The first kappa shape index (κ1) is 20.4. The van der Waals surface area contributed by atoms with Gasteiger partial charge >= 0.3 is 0 Å². The van der Waals surface area contributed by atoms with Crippen LogP contribution in [-0.2, 0) is 17.8 Å². The minimum Gasteiger partial charge on any atom is -0.379 e. The Morgan fingerprint density at radius 3 is 2.57 bits per heavy atom. The van der Waals surface area contributed by atoms with Gasteiger partial charge < -0.3 is 15.4 Å². The van der Waals surface area contributed by atoms with Gasteiger partial charge in [0.15, 0.2) is 5.96 Å². The van der Waals surface area contributed by atoms with Crippen molar-refractivity contribution in [3.63, 3.8) is 0 Å². The van der Waals surface area contributed by atoms with Crippen LogP contribution < -0.4 is 10.6 Å². The second kappa shape index (κ2) is 10.8. The van der Waals surface area contributed by atoms with Gasteiger partial charge in [-0.2, -0.15) is 0 Å². The Hall–Kier alpha value is -2.37. The topological polar surface area (TPSA) is 48.9 Å². The van der Waals surface area contributed by atoms with E-state index in [4.69, 9.17) is 9.73 Å². The average Bonchev–Trinajstić information content (AvgIpc) is 2.74. The summed E-state index contributed by atoms with van der Waals surface area (Å²) in [6, 6.07) is 19.4. The zero-order valence-corrected chi connectivity index (χ0v) is 17.0. The predicted octanol–water partition coefficient (Wildman–Crippen LogP) is 3.34. The lowest BCUT2D eigenvalue weighted by atomic mass is 10.1. The summed E-state index contributed by atoms with van der Waals surface area (Å²) in [5.74, 6) is 0.845. The van der Waals surface area contributed by atoms with E-state index >= 15 is 0 Å². The molecule has 0 spiro atoms. The van der Waals surface area contributed by atoms with Crippen LogP contribution in [0.4, 0.5) is 0 Å². The molecule has 0 aliphatic carbocycles. The molecule has 1 saturated heterocycles. The van der Waals surface area contributed by atoms with Crippen molar-refractivity contribution in [2.75, 3.05) is 32.8 Å². The molecule has 0 bridgehead atoms. The lowest BCUT2D eigenvalue weighted by molar-refractivity contribution is 0.0342. The summed E-state index contributed by atoms with van der Waals surface area (Å²) in [4.78, 5) is 7.24. The predicted molar refractivity (Wildman–Crippen MR) is 115 cm³/mol. The van der Waals surface area contributed by atoms with E-state index in [2.05, 4.69) is 77.9 Å². The van der Waals surface area contributed by atoms with Crippen molar-refractivity contribution in [3.8, 4) is 0 Å². The van der Waals surface area contributed by atoms with E-state index in [-0.39, 0.29) is 6.04 Å². The summed E-state index contributed by atoms with van der Waals surface area (Å²) < 4.78 is 5.44. The Kier molecular flexibility index (Phi) is 7.88. The molecular weight excluding hydrogens is 348 g/mol. The molecule has 1 aliphatic rings. The monoisotopic (exact) mass is 380 g/mol. The Balaban J connectivity index is 1.61. The highest BCUT2D eigenvalue weighted by atomic mass is 16.5. The van der Waals surface area contributed by atoms with Crippen molar-refractivity contribution >= 4 is 5.96 Å². The molecule has 1 unspecified atom stereocenters. The molecule has 2 aromatic rings. The quantitative estimate of drug-likeness (QED) is 0.571. The van der Waals surface area contributed by atoms with Crippen LogP contribution in [0.2, 0.25) is 0 Å². The maximum Gasteiger partial charge on any atom is 0.192 e. The van der Waals surface area contributed by atoms with Crippen molar-refractivity contribution in [1.29, 1.82) is 0 Å². The van der Waals surface area contributed by atoms with Gasteiger partial charge in [0.2, 0.25) is 0 Å². The van der Waals surface area contributed by atoms with E-state index in [0.29, 0.717) is 6.54 Å². The molecule has 28 heavy (non-hydrogen) atoms. The summed E-state index contributed by atoms with van der Waals surface area (Å²) in [5, 5.41) is 6.85. The maximum atomic E-state index is 5.44. The maximum absolute atomic E-state index is 5.44. The van der Waals surface area contributed by atoms with Gasteiger partial charge in [-0.1, -0.05) is 54.6 Å². The van der Waals surface area contributed by atoms with Gasteiger partial charge in [-0.25, -0.2) is 4.99 Å². The van der Waals surface area contributed by atoms with E-state index < -0.39 is 0 Å².